The van der Waals surface area contributed by atoms with E-state index in [1.165, 1.54) is 25.3 Å². The minimum Gasteiger partial charge on any atom is -0.408 e. The second-order valence-electron chi connectivity index (χ2n) is 7.33. The maximum atomic E-state index is 13.6. The number of hydrogen-bond donors (Lipinski definition) is 4. The molecule has 3 heterocycles. The van der Waals surface area contributed by atoms with E-state index in [0.717, 1.165) is 0 Å². The van der Waals surface area contributed by atoms with Gasteiger partial charge in [0, 0.05) is 42.3 Å². The molecule has 0 saturated heterocycles. The lowest BCUT2D eigenvalue weighted by Gasteiger charge is -2.17. The van der Waals surface area contributed by atoms with Gasteiger partial charge < -0.3 is 15.1 Å². The van der Waals surface area contributed by atoms with Crippen molar-refractivity contribution in [2.45, 2.75) is 19.6 Å². The number of anilines is 4. The standard InChI is InChI=1S/C21H19F3N6O4S/c1-2-35(32,33)30-19-12(4-3-7-25-19)10-26-16-9-18(27-11-14(16)21(22,23)24)28-13-5-6-15-17(8-13)34-20(31)29-15/h3-9,11H,2,10H2,1H3,(H,25,30)(H,29,31)(H2,26,27,28). The summed E-state index contributed by atoms with van der Waals surface area (Å²) in [5.41, 5.74) is 0.226. The summed E-state index contributed by atoms with van der Waals surface area (Å²) in [6.07, 6.45) is -2.64. The number of benzene rings is 1. The largest absolute Gasteiger partial charge is 0.419 e. The number of aromatic nitrogens is 3. The fourth-order valence-corrected chi connectivity index (χ4v) is 3.77. The van der Waals surface area contributed by atoms with E-state index in [0.29, 0.717) is 23.0 Å². The second kappa shape index (κ2) is 9.29. The zero-order valence-corrected chi connectivity index (χ0v) is 18.9. The molecular formula is C21H19F3N6O4S. The summed E-state index contributed by atoms with van der Waals surface area (Å²) in [7, 11) is -3.63. The molecule has 3 aromatic heterocycles. The lowest BCUT2D eigenvalue weighted by molar-refractivity contribution is -0.137. The van der Waals surface area contributed by atoms with Crippen LogP contribution in [0.25, 0.3) is 11.1 Å². The highest BCUT2D eigenvalue weighted by atomic mass is 32.2. The third-order valence-corrected chi connectivity index (χ3v) is 6.16. The highest BCUT2D eigenvalue weighted by Gasteiger charge is 2.34. The molecular weight excluding hydrogens is 489 g/mol. The van der Waals surface area contributed by atoms with Crippen LogP contribution in [0.2, 0.25) is 0 Å². The molecule has 0 fully saturated rings. The predicted molar refractivity (Wildman–Crippen MR) is 124 cm³/mol. The highest BCUT2D eigenvalue weighted by molar-refractivity contribution is 7.92. The summed E-state index contributed by atoms with van der Waals surface area (Å²) in [5.74, 6) is -0.710. The Morgan fingerprint density at radius 2 is 1.94 bits per heavy atom. The van der Waals surface area contributed by atoms with Crippen molar-refractivity contribution in [3.63, 3.8) is 0 Å². The Kier molecular flexibility index (Phi) is 6.39. The molecule has 0 unspecified atom stereocenters. The Morgan fingerprint density at radius 3 is 2.69 bits per heavy atom. The summed E-state index contributed by atoms with van der Waals surface area (Å²) < 4.78 is 72.0. The van der Waals surface area contributed by atoms with Crippen molar-refractivity contribution in [2.75, 3.05) is 21.1 Å². The zero-order chi connectivity index (χ0) is 25.2. The third-order valence-electron chi connectivity index (χ3n) is 4.90. The first-order valence-corrected chi connectivity index (χ1v) is 11.8. The highest BCUT2D eigenvalue weighted by Crippen LogP contribution is 2.36. The number of oxazole rings is 1. The Morgan fingerprint density at radius 1 is 1.14 bits per heavy atom. The Labute approximate surface area is 196 Å². The molecule has 0 atom stereocenters. The number of halogens is 3. The monoisotopic (exact) mass is 508 g/mol. The Balaban J connectivity index is 1.61. The summed E-state index contributed by atoms with van der Waals surface area (Å²) >= 11 is 0. The van der Waals surface area contributed by atoms with Crippen molar-refractivity contribution < 1.29 is 26.0 Å². The fraction of sp³-hybridized carbons (Fsp3) is 0.190. The molecule has 10 nitrogen and oxygen atoms in total. The van der Waals surface area contributed by atoms with Gasteiger partial charge in [-0.05, 0) is 25.1 Å². The molecule has 0 saturated carbocycles. The van der Waals surface area contributed by atoms with E-state index in [1.807, 2.05) is 0 Å². The molecule has 0 aliphatic heterocycles. The van der Waals surface area contributed by atoms with Crippen molar-refractivity contribution in [3.8, 4) is 0 Å². The van der Waals surface area contributed by atoms with E-state index in [4.69, 9.17) is 4.42 Å². The van der Waals surface area contributed by atoms with Crippen LogP contribution in [0.1, 0.15) is 18.1 Å². The zero-order valence-electron chi connectivity index (χ0n) is 18.1. The van der Waals surface area contributed by atoms with Gasteiger partial charge in [-0.25, -0.2) is 23.2 Å². The van der Waals surface area contributed by atoms with Crippen molar-refractivity contribution >= 4 is 44.1 Å². The van der Waals surface area contributed by atoms with E-state index >= 15 is 0 Å². The Hall–Kier alpha value is -4.07. The smallest absolute Gasteiger partial charge is 0.408 e. The minimum atomic E-state index is -4.69. The van der Waals surface area contributed by atoms with E-state index in [1.54, 1.807) is 24.3 Å². The fourth-order valence-electron chi connectivity index (χ4n) is 3.15. The maximum Gasteiger partial charge on any atom is 0.419 e. The predicted octanol–water partition coefficient (Wildman–Crippen LogP) is 4.05. The van der Waals surface area contributed by atoms with Crippen LogP contribution in [0.5, 0.6) is 0 Å². The van der Waals surface area contributed by atoms with Gasteiger partial charge in [-0.3, -0.25) is 9.71 Å². The van der Waals surface area contributed by atoms with E-state index in [2.05, 4.69) is 30.3 Å². The molecule has 0 spiro atoms. The second-order valence-corrected chi connectivity index (χ2v) is 9.34. The van der Waals surface area contributed by atoms with Crippen LogP contribution in [0.3, 0.4) is 0 Å². The SMILES string of the molecule is CCS(=O)(=O)Nc1ncccc1CNc1cc(Nc2ccc3[nH]c(=O)oc3c2)ncc1C(F)(F)F. The Bertz CT molecular complexity index is 1530. The van der Waals surface area contributed by atoms with Gasteiger partial charge in [0.05, 0.1) is 22.5 Å². The van der Waals surface area contributed by atoms with Crippen molar-refractivity contribution in [2.24, 2.45) is 0 Å². The third kappa shape index (κ3) is 5.71. The first-order chi connectivity index (χ1) is 16.5. The quantitative estimate of drug-likeness (QED) is 0.279. The van der Waals surface area contributed by atoms with Crippen molar-refractivity contribution in [1.29, 1.82) is 0 Å². The van der Waals surface area contributed by atoms with Crippen LogP contribution < -0.4 is 21.1 Å². The van der Waals surface area contributed by atoms with Crippen molar-refractivity contribution in [1.82, 2.24) is 15.0 Å². The topological polar surface area (TPSA) is 142 Å². The molecule has 0 aliphatic rings. The molecule has 14 heteroatoms. The molecule has 4 N–H and O–H groups in total. The lowest BCUT2D eigenvalue weighted by Crippen LogP contribution is -2.18. The number of nitrogens with zero attached hydrogens (tertiary/aromatic N) is 2. The number of aromatic amines is 1. The van der Waals surface area contributed by atoms with Crippen molar-refractivity contribution in [3.05, 3.63) is 70.5 Å². The molecule has 4 rings (SSSR count). The van der Waals surface area contributed by atoms with Gasteiger partial charge in [0.2, 0.25) is 10.0 Å². The van der Waals surface area contributed by atoms with Crippen LogP contribution in [-0.4, -0.2) is 29.1 Å². The normalized spacial score (nSPS) is 12.0. The molecule has 0 bridgehead atoms. The van der Waals surface area contributed by atoms with Gasteiger partial charge in [0.25, 0.3) is 0 Å². The average molecular weight is 508 g/mol. The summed E-state index contributed by atoms with van der Waals surface area (Å²) in [6, 6.07) is 8.94. The maximum absolute atomic E-state index is 13.6. The number of H-pyrrole nitrogens is 1. The van der Waals surface area contributed by atoms with E-state index in [9.17, 15) is 26.4 Å². The van der Waals surface area contributed by atoms with Crippen LogP contribution in [0.4, 0.5) is 36.2 Å². The lowest BCUT2D eigenvalue weighted by atomic mass is 10.2. The van der Waals surface area contributed by atoms with Gasteiger partial charge in [-0.15, -0.1) is 0 Å². The summed E-state index contributed by atoms with van der Waals surface area (Å²) in [6.45, 7) is 1.30. The van der Waals surface area contributed by atoms with Gasteiger partial charge in [-0.2, -0.15) is 13.2 Å². The minimum absolute atomic E-state index is 0.0177. The molecule has 35 heavy (non-hydrogen) atoms. The number of pyridine rings is 2. The molecule has 1 aromatic carbocycles. The summed E-state index contributed by atoms with van der Waals surface area (Å²) in [4.78, 5) is 21.6. The number of rotatable bonds is 8. The first-order valence-electron chi connectivity index (χ1n) is 10.2. The number of nitrogens with one attached hydrogen (secondary N) is 4. The van der Waals surface area contributed by atoms with Gasteiger partial charge in [0.15, 0.2) is 5.58 Å². The molecule has 184 valence electrons. The van der Waals surface area contributed by atoms with Crippen LogP contribution in [0, 0.1) is 0 Å². The van der Waals surface area contributed by atoms with Gasteiger partial charge >= 0.3 is 11.9 Å². The number of sulfonamides is 1. The average Bonchev–Trinajstić information content (AvgIpc) is 3.17. The van der Waals surface area contributed by atoms with Gasteiger partial charge in [0.1, 0.15) is 11.6 Å². The van der Waals surface area contributed by atoms with Crippen LogP contribution in [0.15, 0.2) is 58.0 Å². The van der Waals surface area contributed by atoms with Crippen LogP contribution in [-0.2, 0) is 22.7 Å². The molecule has 4 aromatic rings. The number of fused-ring (bicyclic) bond motifs is 1. The molecule has 0 aliphatic carbocycles. The van der Waals surface area contributed by atoms with E-state index in [-0.39, 0.29) is 35.2 Å². The number of alkyl halides is 3. The first kappa shape index (κ1) is 24.1. The summed E-state index contributed by atoms with van der Waals surface area (Å²) in [5, 5.41) is 5.57. The van der Waals surface area contributed by atoms with E-state index < -0.39 is 27.5 Å². The number of hydrogen-bond acceptors (Lipinski definition) is 8. The van der Waals surface area contributed by atoms with Gasteiger partial charge in [-0.1, -0.05) is 6.07 Å². The molecule has 0 radical (unpaired) electrons. The van der Waals surface area contributed by atoms with Crippen LogP contribution >= 0.6 is 0 Å². The molecule has 0 amide bonds.